The Kier molecular flexibility index (Phi) is 4.11. The lowest BCUT2D eigenvalue weighted by molar-refractivity contribution is -0.662. The first-order valence-electron chi connectivity index (χ1n) is 5.84. The molecule has 0 amide bonds. The second kappa shape index (κ2) is 5.78. The van der Waals surface area contributed by atoms with E-state index in [2.05, 4.69) is 77.5 Å². The predicted molar refractivity (Wildman–Crippen MR) is 80.0 cm³/mol. The normalized spacial score (nSPS) is 10.0. The van der Waals surface area contributed by atoms with Crippen molar-refractivity contribution in [1.29, 1.82) is 0 Å². The van der Waals surface area contributed by atoms with Crippen LogP contribution in [-0.4, -0.2) is 0 Å². The largest absolute Gasteiger partial charge is 0.212 e. The highest BCUT2D eigenvalue weighted by Gasteiger charge is 2.07. The van der Waals surface area contributed by atoms with E-state index in [9.17, 15) is 0 Å². The SMILES string of the molecule is Br.c1ccc(C[n+]2cccc3ccccc32)cc1. The number of fused-ring (bicyclic) bond motifs is 1. The predicted octanol–water partition coefficient (Wildman–Crippen LogP) is 3.75. The van der Waals surface area contributed by atoms with Gasteiger partial charge >= 0.3 is 0 Å². The number of aromatic nitrogens is 1. The van der Waals surface area contributed by atoms with E-state index in [-0.39, 0.29) is 17.0 Å². The summed E-state index contributed by atoms with van der Waals surface area (Å²) in [6.07, 6.45) is 2.13. The molecule has 1 nitrogen and oxygen atoms in total. The molecular formula is C16H15BrN+. The molecule has 0 saturated carbocycles. The molecule has 1 heterocycles. The first-order valence-corrected chi connectivity index (χ1v) is 5.84. The number of pyridine rings is 1. The molecule has 0 N–H and O–H groups in total. The van der Waals surface area contributed by atoms with Gasteiger partial charge in [-0.1, -0.05) is 42.5 Å². The van der Waals surface area contributed by atoms with Gasteiger partial charge in [-0.3, -0.25) is 0 Å². The average molecular weight is 301 g/mol. The average Bonchev–Trinajstić information content (AvgIpc) is 2.40. The van der Waals surface area contributed by atoms with Gasteiger partial charge in [0.1, 0.15) is 0 Å². The zero-order chi connectivity index (χ0) is 11.5. The number of benzene rings is 2. The number of halogens is 1. The summed E-state index contributed by atoms with van der Waals surface area (Å²) >= 11 is 0. The molecule has 0 unspecified atom stereocenters. The quantitative estimate of drug-likeness (QED) is 0.635. The van der Waals surface area contributed by atoms with E-state index >= 15 is 0 Å². The highest BCUT2D eigenvalue weighted by molar-refractivity contribution is 8.93. The minimum absolute atomic E-state index is 0. The summed E-state index contributed by atoms with van der Waals surface area (Å²) in [7, 11) is 0. The van der Waals surface area contributed by atoms with Gasteiger partial charge in [0.2, 0.25) is 5.52 Å². The van der Waals surface area contributed by atoms with Crippen LogP contribution in [-0.2, 0) is 6.54 Å². The van der Waals surface area contributed by atoms with Crippen LogP contribution in [0.5, 0.6) is 0 Å². The van der Waals surface area contributed by atoms with Crippen LogP contribution in [0, 0.1) is 0 Å². The van der Waals surface area contributed by atoms with Crippen molar-refractivity contribution in [2.24, 2.45) is 0 Å². The van der Waals surface area contributed by atoms with Crippen LogP contribution < -0.4 is 4.57 Å². The van der Waals surface area contributed by atoms with Crippen molar-refractivity contribution in [3.05, 3.63) is 78.5 Å². The summed E-state index contributed by atoms with van der Waals surface area (Å²) in [5, 5.41) is 1.28. The van der Waals surface area contributed by atoms with Crippen molar-refractivity contribution < 1.29 is 4.57 Å². The van der Waals surface area contributed by atoms with Crippen LogP contribution in [0.25, 0.3) is 10.9 Å². The van der Waals surface area contributed by atoms with E-state index < -0.39 is 0 Å². The lowest BCUT2D eigenvalue weighted by Crippen LogP contribution is -2.34. The molecule has 18 heavy (non-hydrogen) atoms. The molecule has 90 valence electrons. The highest BCUT2D eigenvalue weighted by atomic mass is 79.9. The molecule has 0 saturated heterocycles. The Bertz CT molecular complexity index is 629. The Morgan fingerprint density at radius 1 is 0.722 bits per heavy atom. The summed E-state index contributed by atoms with van der Waals surface area (Å²) in [4.78, 5) is 0. The molecule has 1 aromatic heterocycles. The van der Waals surface area contributed by atoms with Gasteiger partial charge in [0.25, 0.3) is 0 Å². The summed E-state index contributed by atoms with van der Waals surface area (Å²) in [5.74, 6) is 0. The molecule has 0 fully saturated rings. The monoisotopic (exact) mass is 300 g/mol. The standard InChI is InChI=1S/C16H14N.BrH/c1-2-7-14(8-3-1)13-17-12-6-10-15-9-4-5-11-16(15)17;/h1-12H,13H2;1H/q+1;. The van der Waals surface area contributed by atoms with Gasteiger partial charge in [-0.15, -0.1) is 17.0 Å². The maximum Gasteiger partial charge on any atom is 0.212 e. The Labute approximate surface area is 117 Å². The van der Waals surface area contributed by atoms with Crippen molar-refractivity contribution in [3.63, 3.8) is 0 Å². The van der Waals surface area contributed by atoms with Gasteiger partial charge in [-0.2, -0.15) is 4.57 Å². The van der Waals surface area contributed by atoms with E-state index in [1.807, 2.05) is 0 Å². The minimum Gasteiger partial charge on any atom is -0.194 e. The van der Waals surface area contributed by atoms with Gasteiger partial charge in [0, 0.05) is 23.1 Å². The first kappa shape index (κ1) is 12.8. The Hall–Kier alpha value is -1.67. The Balaban J connectivity index is 0.00000120. The summed E-state index contributed by atoms with van der Waals surface area (Å²) in [6, 6.07) is 23.3. The third kappa shape index (κ3) is 2.59. The van der Waals surface area contributed by atoms with Crippen molar-refractivity contribution in [2.45, 2.75) is 6.54 Å². The molecule has 0 aliphatic rings. The van der Waals surface area contributed by atoms with Crippen LogP contribution in [0.1, 0.15) is 5.56 Å². The van der Waals surface area contributed by atoms with Gasteiger partial charge < -0.3 is 0 Å². The number of hydrogen-bond acceptors (Lipinski definition) is 0. The van der Waals surface area contributed by atoms with Crippen molar-refractivity contribution >= 4 is 27.9 Å². The molecule has 2 heteroatoms. The molecule has 2 aromatic carbocycles. The van der Waals surface area contributed by atoms with Crippen molar-refractivity contribution in [3.8, 4) is 0 Å². The molecule has 0 bridgehead atoms. The fraction of sp³-hybridized carbons (Fsp3) is 0.0625. The second-order valence-electron chi connectivity index (χ2n) is 4.18. The van der Waals surface area contributed by atoms with Crippen LogP contribution >= 0.6 is 17.0 Å². The maximum atomic E-state index is 2.28. The van der Waals surface area contributed by atoms with E-state index in [0.29, 0.717) is 0 Å². The van der Waals surface area contributed by atoms with Crippen molar-refractivity contribution in [2.75, 3.05) is 0 Å². The summed E-state index contributed by atoms with van der Waals surface area (Å²) in [6.45, 7) is 0.919. The zero-order valence-corrected chi connectivity index (χ0v) is 11.7. The molecular weight excluding hydrogens is 286 g/mol. The molecule has 0 radical (unpaired) electrons. The fourth-order valence-electron chi connectivity index (χ4n) is 2.14. The lowest BCUT2D eigenvalue weighted by atomic mass is 10.2. The summed E-state index contributed by atoms with van der Waals surface area (Å²) < 4.78 is 2.28. The highest BCUT2D eigenvalue weighted by Crippen LogP contribution is 2.08. The molecule has 0 spiro atoms. The minimum atomic E-state index is 0. The molecule has 3 rings (SSSR count). The fourth-order valence-corrected chi connectivity index (χ4v) is 2.14. The third-order valence-electron chi connectivity index (χ3n) is 2.98. The van der Waals surface area contributed by atoms with Gasteiger partial charge in [-0.25, -0.2) is 0 Å². The molecule has 0 aliphatic carbocycles. The Morgan fingerprint density at radius 2 is 1.39 bits per heavy atom. The van der Waals surface area contributed by atoms with E-state index in [0.717, 1.165) is 6.54 Å². The number of hydrogen-bond donors (Lipinski definition) is 0. The zero-order valence-electron chi connectivity index (χ0n) is 9.99. The maximum absolute atomic E-state index is 2.28. The Morgan fingerprint density at radius 3 is 2.22 bits per heavy atom. The van der Waals surface area contributed by atoms with Crippen LogP contribution in [0.15, 0.2) is 72.9 Å². The van der Waals surface area contributed by atoms with E-state index in [4.69, 9.17) is 0 Å². The topological polar surface area (TPSA) is 3.88 Å². The van der Waals surface area contributed by atoms with Crippen molar-refractivity contribution in [1.82, 2.24) is 0 Å². The van der Waals surface area contributed by atoms with E-state index in [1.54, 1.807) is 0 Å². The van der Waals surface area contributed by atoms with Crippen LogP contribution in [0.3, 0.4) is 0 Å². The lowest BCUT2D eigenvalue weighted by Gasteiger charge is -2.01. The molecule has 0 atom stereocenters. The molecule has 0 aliphatic heterocycles. The number of nitrogens with zero attached hydrogens (tertiary/aromatic N) is 1. The molecule has 3 aromatic rings. The number of rotatable bonds is 2. The van der Waals surface area contributed by atoms with Gasteiger partial charge in [0.15, 0.2) is 12.7 Å². The number of para-hydroxylation sites is 1. The second-order valence-corrected chi connectivity index (χ2v) is 4.18. The van der Waals surface area contributed by atoms with Gasteiger partial charge in [0.05, 0.1) is 0 Å². The smallest absolute Gasteiger partial charge is 0.194 e. The third-order valence-corrected chi connectivity index (χ3v) is 2.98. The van der Waals surface area contributed by atoms with Gasteiger partial charge in [-0.05, 0) is 12.1 Å². The first-order chi connectivity index (χ1) is 8.43. The summed E-state index contributed by atoms with van der Waals surface area (Å²) in [5.41, 5.74) is 2.60. The van der Waals surface area contributed by atoms with Crippen LogP contribution in [0.4, 0.5) is 0 Å². The van der Waals surface area contributed by atoms with Crippen LogP contribution in [0.2, 0.25) is 0 Å². The van der Waals surface area contributed by atoms with E-state index in [1.165, 1.54) is 16.5 Å².